The van der Waals surface area contributed by atoms with Crippen LogP contribution in [0.2, 0.25) is 0 Å². The number of alkyl halides is 3. The van der Waals surface area contributed by atoms with Gasteiger partial charge in [-0.2, -0.15) is 17.5 Å². The summed E-state index contributed by atoms with van der Waals surface area (Å²) in [4.78, 5) is 28.6. The zero-order valence-corrected chi connectivity index (χ0v) is 24.6. The maximum absolute atomic E-state index is 13.8. The fourth-order valence-corrected chi connectivity index (χ4v) is 6.78. The first-order chi connectivity index (χ1) is 18.6. The molecule has 0 spiro atoms. The van der Waals surface area contributed by atoms with Crippen LogP contribution in [-0.4, -0.2) is 130 Å². The first kappa shape index (κ1) is 33.9. The Morgan fingerprint density at radius 1 is 0.975 bits per heavy atom. The highest BCUT2D eigenvalue weighted by Gasteiger charge is 2.38. The first-order valence-electron chi connectivity index (χ1n) is 13.4. The Kier molecular flexibility index (Phi) is 12.8. The second-order valence-corrected chi connectivity index (χ2v) is 12.2. The molecule has 1 amide bonds. The number of carbonyl (C=O) groups is 2. The molecule has 2 aliphatic rings. The number of amides is 1. The molecule has 0 bridgehead atoms. The minimum atomic E-state index is -5.08. The topological polar surface area (TPSA) is 114 Å². The van der Waals surface area contributed by atoms with Gasteiger partial charge in [0.15, 0.2) is 0 Å². The lowest BCUT2D eigenvalue weighted by molar-refractivity contribution is -0.192. The third-order valence-electron chi connectivity index (χ3n) is 6.97. The van der Waals surface area contributed by atoms with Crippen LogP contribution in [-0.2, 0) is 19.6 Å². The minimum absolute atomic E-state index is 0.0353. The number of aryl methyl sites for hydroxylation is 3. The number of halogens is 3. The van der Waals surface area contributed by atoms with Crippen LogP contribution in [0, 0.1) is 20.8 Å². The normalized spacial score (nSPS) is 17.4. The molecule has 2 saturated heterocycles. The summed E-state index contributed by atoms with van der Waals surface area (Å²) in [5, 5.41) is 10.4. The van der Waals surface area contributed by atoms with E-state index in [9.17, 15) is 26.4 Å². The van der Waals surface area contributed by atoms with Crippen molar-refractivity contribution < 1.29 is 36.3 Å². The Hall–Kier alpha value is -2.26. The van der Waals surface area contributed by atoms with Crippen molar-refractivity contribution in [3.8, 4) is 0 Å². The van der Waals surface area contributed by atoms with Gasteiger partial charge in [-0.1, -0.05) is 17.7 Å². The quantitative estimate of drug-likeness (QED) is 0.445. The van der Waals surface area contributed by atoms with Crippen molar-refractivity contribution >= 4 is 21.9 Å². The van der Waals surface area contributed by atoms with Crippen LogP contribution < -0.4 is 5.32 Å². The molecule has 0 unspecified atom stereocenters. The van der Waals surface area contributed by atoms with Crippen LogP contribution in [0.15, 0.2) is 17.0 Å². The average Bonchev–Trinajstić information content (AvgIpc) is 2.86. The van der Waals surface area contributed by atoms with E-state index in [0.29, 0.717) is 24.5 Å². The molecule has 1 aromatic rings. The molecule has 1 aromatic carbocycles. The van der Waals surface area contributed by atoms with Gasteiger partial charge in [0.1, 0.15) is 0 Å². The summed E-state index contributed by atoms with van der Waals surface area (Å²) in [5.74, 6) is -2.72. The van der Waals surface area contributed by atoms with Gasteiger partial charge in [0.2, 0.25) is 15.9 Å². The predicted molar refractivity (Wildman–Crippen MR) is 146 cm³/mol. The SMILES string of the molecule is Cc1cc(C)c(S(=O)(=O)N(CCCN2CCN(C)CC2)CCC(=O)N2CCNCC2)c(C)c1.O=C(O)C(F)(F)F. The fourth-order valence-electron chi connectivity index (χ4n) is 4.89. The number of nitrogens with one attached hydrogen (secondary N) is 1. The Morgan fingerprint density at radius 3 is 2.00 bits per heavy atom. The first-order valence-corrected chi connectivity index (χ1v) is 14.8. The van der Waals surface area contributed by atoms with E-state index < -0.39 is 22.2 Å². The minimum Gasteiger partial charge on any atom is -0.475 e. The molecule has 2 N–H and O–H groups in total. The summed E-state index contributed by atoms with van der Waals surface area (Å²) in [6, 6.07) is 3.85. The van der Waals surface area contributed by atoms with Crippen molar-refractivity contribution in [2.24, 2.45) is 0 Å². The highest BCUT2D eigenvalue weighted by molar-refractivity contribution is 7.89. The second kappa shape index (κ2) is 15.1. The number of carbonyl (C=O) groups excluding carboxylic acids is 1. The average molecular weight is 594 g/mol. The lowest BCUT2D eigenvalue weighted by atomic mass is 10.1. The van der Waals surface area contributed by atoms with Crippen LogP contribution in [0.3, 0.4) is 0 Å². The van der Waals surface area contributed by atoms with Crippen molar-refractivity contribution in [2.75, 3.05) is 79.0 Å². The molecule has 3 rings (SSSR count). The molecule has 0 atom stereocenters. The van der Waals surface area contributed by atoms with E-state index in [0.717, 1.165) is 68.9 Å². The molecule has 10 nitrogen and oxygen atoms in total. The maximum Gasteiger partial charge on any atom is 0.490 e. The largest absolute Gasteiger partial charge is 0.490 e. The molecule has 2 heterocycles. The van der Waals surface area contributed by atoms with Crippen LogP contribution in [0.1, 0.15) is 29.5 Å². The molecule has 0 aromatic heterocycles. The molecule has 2 fully saturated rings. The molecule has 228 valence electrons. The van der Waals surface area contributed by atoms with Crippen molar-refractivity contribution in [2.45, 2.75) is 44.7 Å². The number of hydrogen-bond donors (Lipinski definition) is 2. The molecule has 0 aliphatic carbocycles. The number of likely N-dealkylation sites (N-methyl/N-ethyl adjacent to an activating group) is 1. The van der Waals surface area contributed by atoms with Gasteiger partial charge >= 0.3 is 12.1 Å². The smallest absolute Gasteiger partial charge is 0.475 e. The molecule has 0 radical (unpaired) electrons. The molecular weight excluding hydrogens is 551 g/mol. The summed E-state index contributed by atoms with van der Waals surface area (Å²) in [5.41, 5.74) is 2.59. The Bertz CT molecular complexity index is 1080. The lowest BCUT2D eigenvalue weighted by Gasteiger charge is -2.33. The lowest BCUT2D eigenvalue weighted by Crippen LogP contribution is -2.47. The van der Waals surface area contributed by atoms with Crippen LogP contribution in [0.5, 0.6) is 0 Å². The predicted octanol–water partition coefficient (Wildman–Crippen LogP) is 1.70. The fraction of sp³-hybridized carbons (Fsp3) is 0.692. The summed E-state index contributed by atoms with van der Waals surface area (Å²) >= 11 is 0. The van der Waals surface area contributed by atoms with Gasteiger partial charge in [-0.05, 0) is 51.9 Å². The number of rotatable bonds is 9. The van der Waals surface area contributed by atoms with Crippen LogP contribution in [0.4, 0.5) is 13.2 Å². The number of nitrogens with zero attached hydrogens (tertiary/aromatic N) is 4. The Balaban J connectivity index is 0.000000708. The molecule has 14 heteroatoms. The van der Waals surface area contributed by atoms with Crippen molar-refractivity contribution in [3.63, 3.8) is 0 Å². The van der Waals surface area contributed by atoms with E-state index >= 15 is 0 Å². The highest BCUT2D eigenvalue weighted by atomic mass is 32.2. The zero-order chi connectivity index (χ0) is 30.1. The molecule has 0 saturated carbocycles. The monoisotopic (exact) mass is 593 g/mol. The van der Waals surface area contributed by atoms with E-state index in [2.05, 4.69) is 22.2 Å². The van der Waals surface area contributed by atoms with Gasteiger partial charge in [-0.25, -0.2) is 13.2 Å². The van der Waals surface area contributed by atoms with Gasteiger partial charge in [-0.3, -0.25) is 4.79 Å². The summed E-state index contributed by atoms with van der Waals surface area (Å²) in [6.45, 7) is 14.3. The third kappa shape index (κ3) is 10.3. The Labute approximate surface area is 235 Å². The maximum atomic E-state index is 13.8. The summed E-state index contributed by atoms with van der Waals surface area (Å²) in [6.07, 6.45) is -4.10. The number of hydrogen-bond acceptors (Lipinski definition) is 7. The van der Waals surface area contributed by atoms with Gasteiger partial charge in [0.05, 0.1) is 4.90 Å². The van der Waals surface area contributed by atoms with E-state index in [4.69, 9.17) is 9.90 Å². The summed E-state index contributed by atoms with van der Waals surface area (Å²) in [7, 11) is -1.56. The number of sulfonamides is 1. The van der Waals surface area contributed by atoms with Crippen molar-refractivity contribution in [1.29, 1.82) is 0 Å². The van der Waals surface area contributed by atoms with E-state index in [-0.39, 0.29) is 18.9 Å². The van der Waals surface area contributed by atoms with Gasteiger partial charge < -0.3 is 25.1 Å². The third-order valence-corrected chi connectivity index (χ3v) is 9.17. The highest BCUT2D eigenvalue weighted by Crippen LogP contribution is 2.26. The van der Waals surface area contributed by atoms with E-state index in [1.54, 1.807) is 4.31 Å². The molecule has 40 heavy (non-hydrogen) atoms. The van der Waals surface area contributed by atoms with Gasteiger partial charge in [0, 0.05) is 71.9 Å². The number of benzene rings is 1. The van der Waals surface area contributed by atoms with Gasteiger partial charge in [-0.15, -0.1) is 0 Å². The number of carboxylic acid groups (broad SMARTS) is 1. The number of carboxylic acids is 1. The number of aliphatic carboxylic acids is 1. The van der Waals surface area contributed by atoms with Gasteiger partial charge in [0.25, 0.3) is 0 Å². The Morgan fingerprint density at radius 2 is 1.50 bits per heavy atom. The standard InChI is InChI=1S/C24H41N5O3S.C2HF3O2/c1-20-18-21(2)24(22(3)19-20)33(31,32)29(10-5-9-27-16-14-26(4)15-17-27)11-6-23(30)28-12-7-25-8-13-28;3-2(4,5)1(6)7/h18-19,25H,5-17H2,1-4H3;(H,6,7). The summed E-state index contributed by atoms with van der Waals surface area (Å²) < 4.78 is 60.8. The second-order valence-electron chi connectivity index (χ2n) is 10.3. The van der Waals surface area contributed by atoms with Crippen LogP contribution >= 0.6 is 0 Å². The van der Waals surface area contributed by atoms with Crippen molar-refractivity contribution in [3.05, 3.63) is 28.8 Å². The zero-order valence-electron chi connectivity index (χ0n) is 23.8. The van der Waals surface area contributed by atoms with E-state index in [1.807, 2.05) is 37.8 Å². The van der Waals surface area contributed by atoms with Crippen molar-refractivity contribution in [1.82, 2.24) is 24.3 Å². The number of piperazine rings is 2. The van der Waals surface area contributed by atoms with E-state index in [1.165, 1.54) is 0 Å². The molecular formula is C26H42F3N5O5S. The molecule has 2 aliphatic heterocycles. The van der Waals surface area contributed by atoms with Crippen LogP contribution in [0.25, 0.3) is 0 Å².